The van der Waals surface area contributed by atoms with Crippen molar-refractivity contribution >= 4 is 11.9 Å². The molecule has 0 aliphatic rings. The average molecular weight is 442 g/mol. The van der Waals surface area contributed by atoms with Crippen LogP contribution in [0.1, 0.15) is 81.1 Å². The van der Waals surface area contributed by atoms with Gasteiger partial charge in [-0.3, -0.25) is 4.79 Å². The van der Waals surface area contributed by atoms with Crippen molar-refractivity contribution in [2.75, 3.05) is 19.8 Å². The summed E-state index contributed by atoms with van der Waals surface area (Å²) >= 11 is 0. The van der Waals surface area contributed by atoms with Crippen LogP contribution in [0.2, 0.25) is 0 Å². The number of hydrogen-bond donors (Lipinski definition) is 0. The average Bonchev–Trinajstić information content (AvgIpc) is 2.62. The van der Waals surface area contributed by atoms with Gasteiger partial charge >= 0.3 is 11.9 Å². The molecule has 0 saturated heterocycles. The van der Waals surface area contributed by atoms with Crippen LogP contribution >= 0.6 is 0 Å². The molecule has 1 unspecified atom stereocenters. The van der Waals surface area contributed by atoms with Crippen molar-refractivity contribution in [2.45, 2.75) is 81.1 Å². The van der Waals surface area contributed by atoms with E-state index in [4.69, 9.17) is 19.2 Å². The summed E-state index contributed by atoms with van der Waals surface area (Å²) in [4.78, 5) is 32.1. The van der Waals surface area contributed by atoms with Crippen molar-refractivity contribution in [1.82, 2.24) is 0 Å². The van der Waals surface area contributed by atoms with Gasteiger partial charge in [0.15, 0.2) is 0 Å². The quantitative estimate of drug-likeness (QED) is 0.0778. The summed E-state index contributed by atoms with van der Waals surface area (Å²) in [6.07, 6.45) is 5.15. The van der Waals surface area contributed by atoms with Crippen molar-refractivity contribution in [2.24, 2.45) is 10.8 Å². The standard InChI is InChI=1S/C22H35NO6.2CH4/c1-7-19(24)27-13-14-28-29-18(2)15-20(25)26-12-10-8-9-11-22(6,17-23)16-21(3,4)5;;/h7H,1-2,8-16H2,3-6H3;2*1H4. The zero-order valence-corrected chi connectivity index (χ0v) is 18.3. The van der Waals surface area contributed by atoms with Gasteiger partial charge in [0.25, 0.3) is 0 Å². The lowest BCUT2D eigenvalue weighted by molar-refractivity contribution is -0.268. The number of carbonyl (C=O) groups is 2. The van der Waals surface area contributed by atoms with E-state index in [0.29, 0.717) is 6.61 Å². The van der Waals surface area contributed by atoms with Crippen LogP contribution in [0.3, 0.4) is 0 Å². The van der Waals surface area contributed by atoms with Crippen LogP contribution in [-0.2, 0) is 28.8 Å². The van der Waals surface area contributed by atoms with Crippen LogP contribution < -0.4 is 0 Å². The van der Waals surface area contributed by atoms with Crippen molar-refractivity contribution in [1.29, 1.82) is 5.26 Å². The summed E-state index contributed by atoms with van der Waals surface area (Å²) in [5.74, 6) is -0.897. The molecule has 0 spiro atoms. The highest BCUT2D eigenvalue weighted by atomic mass is 17.2. The SMILES string of the molecule is C.C.C=CC(=O)OCCOOC(=C)CC(=O)OCCCCCC(C)(C#N)CC(C)(C)C. The number of esters is 2. The summed E-state index contributed by atoms with van der Waals surface area (Å²) < 4.78 is 9.83. The highest BCUT2D eigenvalue weighted by molar-refractivity contribution is 5.81. The lowest BCUT2D eigenvalue weighted by Crippen LogP contribution is -2.22. The molecule has 0 amide bonds. The summed E-state index contributed by atoms with van der Waals surface area (Å²) in [5, 5.41) is 9.46. The number of unbranched alkanes of at least 4 members (excludes halogenated alkanes) is 2. The normalized spacial score (nSPS) is 12.1. The maximum absolute atomic E-state index is 11.7. The minimum absolute atomic E-state index is 0. The van der Waals surface area contributed by atoms with Crippen LogP contribution in [-0.4, -0.2) is 31.8 Å². The zero-order chi connectivity index (χ0) is 22.3. The van der Waals surface area contributed by atoms with Crippen LogP contribution in [0.25, 0.3) is 0 Å². The van der Waals surface area contributed by atoms with Crippen LogP contribution in [0.5, 0.6) is 0 Å². The Balaban J connectivity index is -0.00000392. The van der Waals surface area contributed by atoms with Gasteiger partial charge in [0.05, 0.1) is 18.1 Å². The highest BCUT2D eigenvalue weighted by Crippen LogP contribution is 2.36. The van der Waals surface area contributed by atoms with Gasteiger partial charge in [-0.05, 0) is 31.6 Å². The smallest absolute Gasteiger partial charge is 0.330 e. The van der Waals surface area contributed by atoms with Crippen molar-refractivity contribution in [3.05, 3.63) is 25.0 Å². The van der Waals surface area contributed by atoms with E-state index >= 15 is 0 Å². The Labute approximate surface area is 189 Å². The summed E-state index contributed by atoms with van der Waals surface area (Å²) in [6.45, 7) is 15.6. The Morgan fingerprint density at radius 3 is 2.19 bits per heavy atom. The van der Waals surface area contributed by atoms with Crippen molar-refractivity contribution in [3.8, 4) is 6.07 Å². The van der Waals surface area contributed by atoms with Gasteiger partial charge in [0.1, 0.15) is 25.4 Å². The van der Waals surface area contributed by atoms with E-state index in [1.165, 1.54) is 0 Å². The Morgan fingerprint density at radius 2 is 1.65 bits per heavy atom. The number of carbonyl (C=O) groups excluding carboxylic acids is 2. The van der Waals surface area contributed by atoms with E-state index in [1.54, 1.807) is 0 Å². The number of nitriles is 1. The molecule has 0 saturated carbocycles. The van der Waals surface area contributed by atoms with Gasteiger partial charge in [-0.2, -0.15) is 10.1 Å². The van der Waals surface area contributed by atoms with Crippen LogP contribution in [0.15, 0.2) is 25.0 Å². The zero-order valence-electron chi connectivity index (χ0n) is 18.3. The maximum atomic E-state index is 11.7. The molecule has 31 heavy (non-hydrogen) atoms. The summed E-state index contributed by atoms with van der Waals surface area (Å²) in [5.41, 5.74) is -0.210. The third kappa shape index (κ3) is 19.4. The van der Waals surface area contributed by atoms with Gasteiger partial charge in [-0.15, -0.1) is 0 Å². The molecule has 0 rings (SSSR count). The molecule has 0 heterocycles. The molecule has 0 aromatic heterocycles. The van der Waals surface area contributed by atoms with E-state index in [1.807, 2.05) is 6.92 Å². The molecule has 0 radical (unpaired) electrons. The number of nitrogens with zero attached hydrogens (tertiary/aromatic N) is 1. The molecule has 0 aliphatic carbocycles. The first kappa shape index (κ1) is 33.3. The molecule has 180 valence electrons. The number of rotatable bonds is 15. The second-order valence-electron chi connectivity index (χ2n) is 8.43. The predicted molar refractivity (Wildman–Crippen MR) is 123 cm³/mol. The minimum atomic E-state index is -0.553. The van der Waals surface area contributed by atoms with Gasteiger partial charge in [-0.1, -0.05) is 61.6 Å². The minimum Gasteiger partial charge on any atom is -0.465 e. The molecular weight excluding hydrogens is 398 g/mol. The maximum Gasteiger partial charge on any atom is 0.330 e. The van der Waals surface area contributed by atoms with Crippen molar-refractivity contribution < 1.29 is 28.8 Å². The van der Waals surface area contributed by atoms with Gasteiger partial charge in [-0.25, -0.2) is 4.79 Å². The lowest BCUT2D eigenvalue weighted by atomic mass is 9.73. The molecule has 0 N–H and O–H groups in total. The van der Waals surface area contributed by atoms with Gasteiger partial charge in [0.2, 0.25) is 0 Å². The third-order valence-electron chi connectivity index (χ3n) is 3.92. The van der Waals surface area contributed by atoms with E-state index in [2.05, 4.69) is 40.0 Å². The number of hydrogen-bond acceptors (Lipinski definition) is 7. The highest BCUT2D eigenvalue weighted by Gasteiger charge is 2.29. The molecule has 0 aliphatic heterocycles. The van der Waals surface area contributed by atoms with E-state index in [0.717, 1.165) is 38.2 Å². The van der Waals surface area contributed by atoms with E-state index in [9.17, 15) is 14.9 Å². The molecular formula is C24H43NO6. The Morgan fingerprint density at radius 1 is 1.00 bits per heavy atom. The molecule has 7 heteroatoms. The monoisotopic (exact) mass is 441 g/mol. The summed E-state index contributed by atoms with van der Waals surface area (Å²) in [7, 11) is 0. The predicted octanol–water partition coefficient (Wildman–Crippen LogP) is 5.91. The largest absolute Gasteiger partial charge is 0.465 e. The van der Waals surface area contributed by atoms with Crippen LogP contribution in [0, 0.1) is 22.2 Å². The summed E-state index contributed by atoms with van der Waals surface area (Å²) in [6, 6.07) is 2.45. The first-order valence-corrected chi connectivity index (χ1v) is 9.85. The molecule has 1 atom stereocenters. The molecule has 0 aromatic rings. The molecule has 0 fully saturated rings. The second-order valence-corrected chi connectivity index (χ2v) is 8.43. The molecule has 0 bridgehead atoms. The van der Waals surface area contributed by atoms with E-state index < -0.39 is 11.9 Å². The van der Waals surface area contributed by atoms with E-state index in [-0.39, 0.29) is 51.1 Å². The lowest BCUT2D eigenvalue weighted by Gasteiger charge is -2.30. The first-order valence-electron chi connectivity index (χ1n) is 9.85. The fourth-order valence-corrected chi connectivity index (χ4v) is 2.94. The molecule has 0 aromatic carbocycles. The second kappa shape index (κ2) is 17.4. The Bertz CT molecular complexity index is 588. The molecule has 7 nitrogen and oxygen atoms in total. The van der Waals surface area contributed by atoms with Crippen LogP contribution in [0.4, 0.5) is 0 Å². The third-order valence-corrected chi connectivity index (χ3v) is 3.92. The van der Waals surface area contributed by atoms with Crippen molar-refractivity contribution in [3.63, 3.8) is 0 Å². The topological polar surface area (TPSA) is 94.8 Å². The Hall–Kier alpha value is -2.33. The number of ether oxygens (including phenoxy) is 2. The Kier molecular flexibility index (Phi) is 18.7. The fourth-order valence-electron chi connectivity index (χ4n) is 2.94. The van der Waals surface area contributed by atoms with Gasteiger partial charge in [0, 0.05) is 6.08 Å². The van der Waals surface area contributed by atoms with Gasteiger partial charge < -0.3 is 14.4 Å². The first-order chi connectivity index (χ1) is 13.5. The fraction of sp³-hybridized carbons (Fsp3) is 0.708.